The SMILES string of the molecule is CCC[CH2][Sn]([CH2]CCC)([CH2]CCC)[c]1ccc(CC)s1. The Morgan fingerprint density at radius 1 is 0.800 bits per heavy atom. The molecule has 0 saturated heterocycles. The monoisotopic (exact) mass is 402 g/mol. The third-order valence-electron chi connectivity index (χ3n) is 4.56. The molecule has 116 valence electrons. The summed E-state index contributed by atoms with van der Waals surface area (Å²) in [6, 6.07) is 4.97. The van der Waals surface area contributed by atoms with E-state index >= 15 is 0 Å². The molecular weight excluding hydrogens is 367 g/mol. The van der Waals surface area contributed by atoms with Gasteiger partial charge in [0.2, 0.25) is 0 Å². The fraction of sp³-hybridized carbons (Fsp3) is 0.778. The van der Waals surface area contributed by atoms with Crippen LogP contribution in [0.3, 0.4) is 0 Å². The first-order valence-corrected chi connectivity index (χ1v) is 17.1. The second-order valence-electron chi connectivity index (χ2n) is 6.21. The molecule has 0 radical (unpaired) electrons. The Balaban J connectivity index is 2.97. The van der Waals surface area contributed by atoms with Gasteiger partial charge in [0.1, 0.15) is 0 Å². The van der Waals surface area contributed by atoms with Gasteiger partial charge in [-0.15, -0.1) is 0 Å². The molecule has 0 aliphatic rings. The van der Waals surface area contributed by atoms with Gasteiger partial charge < -0.3 is 0 Å². The summed E-state index contributed by atoms with van der Waals surface area (Å²) in [4.78, 5) is 1.62. The van der Waals surface area contributed by atoms with Gasteiger partial charge >= 0.3 is 136 Å². The van der Waals surface area contributed by atoms with E-state index < -0.39 is 18.4 Å². The van der Waals surface area contributed by atoms with Crippen molar-refractivity contribution in [2.75, 3.05) is 0 Å². The predicted octanol–water partition coefficient (Wildman–Crippen LogP) is 6.37. The van der Waals surface area contributed by atoms with E-state index in [9.17, 15) is 0 Å². The van der Waals surface area contributed by atoms with Crippen LogP contribution in [-0.4, -0.2) is 18.4 Å². The minimum absolute atomic E-state index is 1.22. The van der Waals surface area contributed by atoms with Crippen molar-refractivity contribution in [1.29, 1.82) is 0 Å². The number of thiophene rings is 1. The maximum absolute atomic E-state index is 2.54. The topological polar surface area (TPSA) is 0 Å². The van der Waals surface area contributed by atoms with Crippen LogP contribution in [0.1, 0.15) is 71.1 Å². The van der Waals surface area contributed by atoms with Crippen molar-refractivity contribution in [2.24, 2.45) is 0 Å². The standard InChI is InChI=1S/C6H7S.3C4H9.Sn/c1-2-6-4-3-5-7-6;3*1-3-4-2;/h3-4H,2H2,1H3;3*1,3-4H2,2H3;. The molecule has 0 spiro atoms. The number of hydrogen-bond donors (Lipinski definition) is 0. The molecule has 1 aromatic rings. The normalized spacial score (nSPS) is 12.0. The molecule has 1 rings (SSSR count). The predicted molar refractivity (Wildman–Crippen MR) is 98.2 cm³/mol. The van der Waals surface area contributed by atoms with Crippen molar-refractivity contribution in [2.45, 2.75) is 86.0 Å². The zero-order valence-corrected chi connectivity index (χ0v) is 17.8. The van der Waals surface area contributed by atoms with E-state index in [1.54, 1.807) is 18.2 Å². The van der Waals surface area contributed by atoms with Crippen LogP contribution in [0.2, 0.25) is 13.3 Å². The first kappa shape index (κ1) is 18.5. The van der Waals surface area contributed by atoms with Gasteiger partial charge in [-0.3, -0.25) is 0 Å². The summed E-state index contributed by atoms with van der Waals surface area (Å²) in [5, 5.41) is 0. The third-order valence-corrected chi connectivity index (χ3v) is 24.1. The van der Waals surface area contributed by atoms with E-state index in [2.05, 4.69) is 51.2 Å². The zero-order chi connectivity index (χ0) is 14.8. The third kappa shape index (κ3) is 5.36. The van der Waals surface area contributed by atoms with Gasteiger partial charge in [-0.05, 0) is 0 Å². The van der Waals surface area contributed by atoms with Gasteiger partial charge in [-0.25, -0.2) is 0 Å². The van der Waals surface area contributed by atoms with Crippen LogP contribution in [0.25, 0.3) is 0 Å². The van der Waals surface area contributed by atoms with Crippen LogP contribution in [0, 0.1) is 0 Å². The second kappa shape index (κ2) is 10.3. The number of aryl methyl sites for hydroxylation is 1. The Morgan fingerprint density at radius 3 is 1.65 bits per heavy atom. The van der Waals surface area contributed by atoms with Gasteiger partial charge in [-0.2, -0.15) is 0 Å². The summed E-state index contributed by atoms with van der Waals surface area (Å²) in [7, 11) is 0. The van der Waals surface area contributed by atoms with Crippen molar-refractivity contribution >= 4 is 32.6 Å². The molecule has 0 bridgehead atoms. The van der Waals surface area contributed by atoms with E-state index in [1.807, 2.05) is 2.89 Å². The first-order chi connectivity index (χ1) is 9.72. The molecule has 0 aliphatic carbocycles. The molecule has 0 N–H and O–H groups in total. The molecule has 0 amide bonds. The molecule has 1 aromatic heterocycles. The van der Waals surface area contributed by atoms with Gasteiger partial charge in [0.15, 0.2) is 0 Å². The summed E-state index contributed by atoms with van der Waals surface area (Å²) >= 11 is 0.104. The van der Waals surface area contributed by atoms with E-state index in [-0.39, 0.29) is 0 Å². The van der Waals surface area contributed by atoms with E-state index in [0.29, 0.717) is 0 Å². The Labute approximate surface area is 135 Å². The zero-order valence-electron chi connectivity index (χ0n) is 14.1. The quantitative estimate of drug-likeness (QED) is 0.378. The average Bonchev–Trinajstić information content (AvgIpc) is 2.96. The number of unbranched alkanes of at least 4 members (excludes halogenated alkanes) is 3. The summed E-state index contributed by atoms with van der Waals surface area (Å²) < 4.78 is 6.71. The first-order valence-electron chi connectivity index (χ1n) is 8.81. The van der Waals surface area contributed by atoms with E-state index in [4.69, 9.17) is 0 Å². The van der Waals surface area contributed by atoms with E-state index in [0.717, 1.165) is 0 Å². The van der Waals surface area contributed by atoms with Gasteiger partial charge in [0.05, 0.1) is 0 Å². The van der Waals surface area contributed by atoms with Crippen LogP contribution in [0.5, 0.6) is 0 Å². The Hall–Kier alpha value is 0.499. The van der Waals surface area contributed by atoms with Crippen molar-refractivity contribution < 1.29 is 0 Å². The molecule has 0 atom stereocenters. The van der Waals surface area contributed by atoms with Crippen molar-refractivity contribution in [3.05, 3.63) is 17.0 Å². The average molecular weight is 401 g/mol. The van der Waals surface area contributed by atoms with Crippen LogP contribution in [0.15, 0.2) is 12.1 Å². The fourth-order valence-corrected chi connectivity index (χ4v) is 23.4. The Bertz CT molecular complexity index is 334. The van der Waals surface area contributed by atoms with Crippen LogP contribution in [0.4, 0.5) is 0 Å². The molecule has 0 fully saturated rings. The fourth-order valence-electron chi connectivity index (χ4n) is 3.14. The van der Waals surface area contributed by atoms with Gasteiger partial charge in [0.25, 0.3) is 0 Å². The van der Waals surface area contributed by atoms with Crippen molar-refractivity contribution in [3.8, 4) is 0 Å². The van der Waals surface area contributed by atoms with E-state index in [1.165, 1.54) is 44.9 Å². The van der Waals surface area contributed by atoms with Crippen molar-refractivity contribution in [1.82, 2.24) is 0 Å². The molecule has 0 aromatic carbocycles. The van der Waals surface area contributed by atoms with Crippen LogP contribution in [-0.2, 0) is 6.42 Å². The van der Waals surface area contributed by atoms with Gasteiger partial charge in [0, 0.05) is 0 Å². The molecule has 20 heavy (non-hydrogen) atoms. The molecule has 0 aliphatic heterocycles. The second-order valence-corrected chi connectivity index (χ2v) is 21.5. The number of hydrogen-bond acceptors (Lipinski definition) is 1. The molecule has 0 unspecified atom stereocenters. The molecule has 0 saturated carbocycles. The molecule has 1 heterocycles. The van der Waals surface area contributed by atoms with Crippen LogP contribution < -0.4 is 2.89 Å². The van der Waals surface area contributed by atoms with Gasteiger partial charge in [-0.1, -0.05) is 0 Å². The summed E-state index contributed by atoms with van der Waals surface area (Å²) in [6.45, 7) is 9.39. The maximum atomic E-state index is 2.54. The summed E-state index contributed by atoms with van der Waals surface area (Å²) in [6.07, 6.45) is 9.78. The Morgan fingerprint density at radius 2 is 1.30 bits per heavy atom. The molecule has 0 nitrogen and oxygen atoms in total. The summed E-state index contributed by atoms with van der Waals surface area (Å²) in [5.41, 5.74) is 0. The number of rotatable bonds is 11. The summed E-state index contributed by atoms with van der Waals surface area (Å²) in [5.74, 6) is 0. The van der Waals surface area contributed by atoms with Crippen LogP contribution >= 0.6 is 11.3 Å². The molecule has 2 heteroatoms. The Kier molecular flexibility index (Phi) is 9.52. The molecular formula is C18H34SSn. The van der Waals surface area contributed by atoms with Crippen molar-refractivity contribution in [3.63, 3.8) is 0 Å². The minimum atomic E-state index is -2.08.